The molecule has 8 heteroatoms. The van der Waals surface area contributed by atoms with Crippen LogP contribution in [0.3, 0.4) is 0 Å². The molecule has 1 aromatic rings. The summed E-state index contributed by atoms with van der Waals surface area (Å²) in [5.74, 6) is -0.276. The summed E-state index contributed by atoms with van der Waals surface area (Å²) in [5, 5.41) is 9.85. The van der Waals surface area contributed by atoms with Crippen LogP contribution in [0.5, 0.6) is 0 Å². The lowest BCUT2D eigenvalue weighted by molar-refractivity contribution is -0.125. The van der Waals surface area contributed by atoms with Crippen molar-refractivity contribution < 1.29 is 13.2 Å². The standard InChI is InChI=1S/C11H17N3O3S2/c12-19(16,17)14-6-2-1-5-10(14)11(15)13-8-9-4-3-7-18-9/h3-4,7,10H,1-2,5-6,8H2,(H,13,15)(H2,12,16,17). The number of nitrogens with two attached hydrogens (primary N) is 1. The zero-order chi connectivity index (χ0) is 13.9. The quantitative estimate of drug-likeness (QED) is 0.844. The molecule has 0 aliphatic carbocycles. The first-order valence-corrected chi connectivity index (χ1v) is 8.46. The van der Waals surface area contributed by atoms with Gasteiger partial charge in [-0.05, 0) is 24.3 Å². The number of carbonyl (C=O) groups excluding carboxylic acids is 1. The molecule has 0 aromatic carbocycles. The number of nitrogens with zero attached hydrogens (tertiary/aromatic N) is 1. The van der Waals surface area contributed by atoms with Crippen LogP contribution in [0.1, 0.15) is 24.1 Å². The van der Waals surface area contributed by atoms with Gasteiger partial charge in [0.25, 0.3) is 10.2 Å². The molecule has 1 aliphatic heterocycles. The summed E-state index contributed by atoms with van der Waals surface area (Å²) in [6.07, 6.45) is 2.10. The molecule has 3 N–H and O–H groups in total. The van der Waals surface area contributed by atoms with Gasteiger partial charge in [-0.15, -0.1) is 11.3 Å². The minimum Gasteiger partial charge on any atom is -0.350 e. The number of rotatable bonds is 4. The summed E-state index contributed by atoms with van der Waals surface area (Å²) in [6, 6.07) is 3.15. The van der Waals surface area contributed by atoms with Crippen molar-refractivity contribution in [3.05, 3.63) is 22.4 Å². The molecule has 2 rings (SSSR count). The van der Waals surface area contributed by atoms with Gasteiger partial charge < -0.3 is 5.32 Å². The molecule has 0 saturated carbocycles. The van der Waals surface area contributed by atoms with E-state index < -0.39 is 16.3 Å². The van der Waals surface area contributed by atoms with Crippen molar-refractivity contribution in [3.8, 4) is 0 Å². The molecule has 1 amide bonds. The van der Waals surface area contributed by atoms with E-state index in [2.05, 4.69) is 5.32 Å². The van der Waals surface area contributed by atoms with Crippen molar-refractivity contribution in [2.45, 2.75) is 31.8 Å². The molecule has 1 aliphatic rings. The third kappa shape index (κ3) is 3.75. The lowest BCUT2D eigenvalue weighted by Crippen LogP contribution is -2.53. The predicted molar refractivity (Wildman–Crippen MR) is 73.6 cm³/mol. The second-order valence-electron chi connectivity index (χ2n) is 4.46. The van der Waals surface area contributed by atoms with E-state index in [0.29, 0.717) is 19.5 Å². The Kier molecular flexibility index (Phi) is 4.56. The van der Waals surface area contributed by atoms with Gasteiger partial charge in [-0.1, -0.05) is 12.5 Å². The second-order valence-corrected chi connectivity index (χ2v) is 7.00. The van der Waals surface area contributed by atoms with Crippen molar-refractivity contribution in [3.63, 3.8) is 0 Å². The number of hydrogen-bond donors (Lipinski definition) is 2. The molecule has 2 heterocycles. The molecule has 1 saturated heterocycles. The van der Waals surface area contributed by atoms with Gasteiger partial charge in [-0.2, -0.15) is 12.7 Å². The summed E-state index contributed by atoms with van der Waals surface area (Å²) in [4.78, 5) is 13.1. The first-order valence-electron chi connectivity index (χ1n) is 6.08. The fraction of sp³-hybridized carbons (Fsp3) is 0.545. The minimum absolute atomic E-state index is 0.276. The van der Waals surface area contributed by atoms with Gasteiger partial charge >= 0.3 is 0 Å². The average Bonchev–Trinajstić information content (AvgIpc) is 2.88. The van der Waals surface area contributed by atoms with Crippen LogP contribution in [0.2, 0.25) is 0 Å². The van der Waals surface area contributed by atoms with E-state index in [-0.39, 0.29) is 5.91 Å². The smallest absolute Gasteiger partial charge is 0.277 e. The lowest BCUT2D eigenvalue weighted by Gasteiger charge is -2.31. The number of piperidine rings is 1. The molecule has 0 bridgehead atoms. The summed E-state index contributed by atoms with van der Waals surface area (Å²) in [7, 11) is -3.82. The van der Waals surface area contributed by atoms with Crippen LogP contribution in [0.15, 0.2) is 17.5 Å². The summed E-state index contributed by atoms with van der Waals surface area (Å²) >= 11 is 1.55. The van der Waals surface area contributed by atoms with Gasteiger partial charge in [0, 0.05) is 11.4 Å². The zero-order valence-corrected chi connectivity index (χ0v) is 12.0. The normalized spacial score (nSPS) is 21.2. The highest BCUT2D eigenvalue weighted by molar-refractivity contribution is 7.86. The third-order valence-electron chi connectivity index (χ3n) is 3.10. The van der Waals surface area contributed by atoms with Gasteiger partial charge in [0.2, 0.25) is 5.91 Å². The van der Waals surface area contributed by atoms with E-state index >= 15 is 0 Å². The third-order valence-corrected chi connectivity index (χ3v) is 5.07. The van der Waals surface area contributed by atoms with E-state index in [1.54, 1.807) is 11.3 Å². The number of carbonyl (C=O) groups is 1. The van der Waals surface area contributed by atoms with E-state index in [0.717, 1.165) is 22.0 Å². The second kappa shape index (κ2) is 6.00. The van der Waals surface area contributed by atoms with Gasteiger partial charge in [0.1, 0.15) is 6.04 Å². The number of hydrogen-bond acceptors (Lipinski definition) is 4. The Hall–Kier alpha value is -0.960. The molecule has 19 heavy (non-hydrogen) atoms. The number of thiophene rings is 1. The van der Waals surface area contributed by atoms with Gasteiger partial charge in [0.15, 0.2) is 0 Å². The lowest BCUT2D eigenvalue weighted by atomic mass is 10.0. The monoisotopic (exact) mass is 303 g/mol. The summed E-state index contributed by atoms with van der Waals surface area (Å²) in [6.45, 7) is 0.737. The van der Waals surface area contributed by atoms with E-state index in [1.807, 2.05) is 17.5 Å². The zero-order valence-electron chi connectivity index (χ0n) is 10.4. The minimum atomic E-state index is -3.82. The van der Waals surface area contributed by atoms with Crippen molar-refractivity contribution in [1.29, 1.82) is 0 Å². The molecule has 0 spiro atoms. The molecular formula is C11H17N3O3S2. The average molecular weight is 303 g/mol. The van der Waals surface area contributed by atoms with Crippen LogP contribution >= 0.6 is 11.3 Å². The number of amides is 1. The Balaban J connectivity index is 1.99. The highest BCUT2D eigenvalue weighted by atomic mass is 32.2. The Bertz CT molecular complexity index is 527. The molecule has 6 nitrogen and oxygen atoms in total. The van der Waals surface area contributed by atoms with Crippen molar-refractivity contribution >= 4 is 27.5 Å². The Morgan fingerprint density at radius 1 is 1.53 bits per heavy atom. The van der Waals surface area contributed by atoms with Crippen LogP contribution in [-0.4, -0.2) is 31.2 Å². The van der Waals surface area contributed by atoms with Gasteiger partial charge in [-0.3, -0.25) is 4.79 Å². The van der Waals surface area contributed by atoms with Gasteiger partial charge in [-0.25, -0.2) is 5.14 Å². The highest BCUT2D eigenvalue weighted by Gasteiger charge is 2.34. The summed E-state index contributed by atoms with van der Waals surface area (Å²) < 4.78 is 24.0. The topological polar surface area (TPSA) is 92.5 Å². The summed E-state index contributed by atoms with van der Waals surface area (Å²) in [5.41, 5.74) is 0. The maximum atomic E-state index is 12.1. The SMILES string of the molecule is NS(=O)(=O)N1CCCCC1C(=O)NCc1cccs1. The van der Waals surface area contributed by atoms with Crippen LogP contribution in [-0.2, 0) is 21.5 Å². The molecule has 1 fully saturated rings. The van der Waals surface area contributed by atoms with E-state index in [9.17, 15) is 13.2 Å². The maximum absolute atomic E-state index is 12.1. The van der Waals surface area contributed by atoms with E-state index in [4.69, 9.17) is 5.14 Å². The number of nitrogens with one attached hydrogen (secondary N) is 1. The largest absolute Gasteiger partial charge is 0.350 e. The first kappa shape index (κ1) is 14.4. The van der Waals surface area contributed by atoms with Gasteiger partial charge in [0.05, 0.1) is 6.54 Å². The van der Waals surface area contributed by atoms with E-state index in [1.165, 1.54) is 0 Å². The molecule has 106 valence electrons. The predicted octanol–water partition coefficient (Wildman–Crippen LogP) is 0.422. The molecule has 1 atom stereocenters. The van der Waals surface area contributed by atoms with Crippen LogP contribution in [0.4, 0.5) is 0 Å². The maximum Gasteiger partial charge on any atom is 0.277 e. The van der Waals surface area contributed by atoms with Crippen LogP contribution < -0.4 is 10.5 Å². The first-order chi connectivity index (χ1) is 8.98. The Morgan fingerprint density at radius 3 is 2.95 bits per heavy atom. The molecule has 1 unspecified atom stereocenters. The molecule has 0 radical (unpaired) electrons. The Morgan fingerprint density at radius 2 is 2.32 bits per heavy atom. The van der Waals surface area contributed by atoms with Crippen molar-refractivity contribution in [1.82, 2.24) is 9.62 Å². The fourth-order valence-corrected chi connectivity index (χ4v) is 3.76. The van der Waals surface area contributed by atoms with Crippen LogP contribution in [0, 0.1) is 0 Å². The van der Waals surface area contributed by atoms with Crippen LogP contribution in [0.25, 0.3) is 0 Å². The molecular weight excluding hydrogens is 286 g/mol. The van der Waals surface area contributed by atoms with Crippen molar-refractivity contribution in [2.75, 3.05) is 6.54 Å². The highest BCUT2D eigenvalue weighted by Crippen LogP contribution is 2.19. The van der Waals surface area contributed by atoms with Crippen molar-refractivity contribution in [2.24, 2.45) is 5.14 Å². The fourth-order valence-electron chi connectivity index (χ4n) is 2.18. The molecule has 1 aromatic heterocycles. The Labute approximate surface area is 116 Å².